The number of amides is 3. The van der Waals surface area contributed by atoms with Gasteiger partial charge >= 0.3 is 6.03 Å². The second kappa shape index (κ2) is 10.8. The van der Waals surface area contributed by atoms with Gasteiger partial charge in [-0.1, -0.05) is 56.3 Å². The predicted molar refractivity (Wildman–Crippen MR) is 120 cm³/mol. The molecule has 0 saturated carbocycles. The van der Waals surface area contributed by atoms with Crippen molar-refractivity contribution < 1.29 is 9.59 Å². The average molecular weight is 409 g/mol. The maximum absolute atomic E-state index is 13.1. The maximum Gasteiger partial charge on any atom is 0.321 e. The van der Waals surface area contributed by atoms with Crippen LogP contribution in [0.3, 0.4) is 0 Å². The Kier molecular flexibility index (Phi) is 7.85. The first-order valence-electron chi connectivity index (χ1n) is 10.8. The number of likely N-dealkylation sites (N-methyl/N-ethyl adjacent to an activating group) is 1. The molecule has 30 heavy (non-hydrogen) atoms. The van der Waals surface area contributed by atoms with Crippen molar-refractivity contribution in [2.45, 2.75) is 39.3 Å². The molecule has 2 N–H and O–H groups in total. The van der Waals surface area contributed by atoms with Crippen LogP contribution in [0.5, 0.6) is 0 Å². The molecule has 2 aromatic carbocycles. The average Bonchev–Trinajstić information content (AvgIpc) is 3.32. The van der Waals surface area contributed by atoms with Crippen LogP contribution >= 0.6 is 0 Å². The molecule has 3 amide bonds. The van der Waals surface area contributed by atoms with Crippen molar-refractivity contribution in [2.75, 3.05) is 31.5 Å². The highest BCUT2D eigenvalue weighted by molar-refractivity contribution is 5.89. The summed E-state index contributed by atoms with van der Waals surface area (Å²) in [5.74, 6) is -0.0172. The number of carbonyl (C=O) groups excluding carboxylic acids is 2. The number of hydrogen-bond acceptors (Lipinski definition) is 3. The van der Waals surface area contributed by atoms with E-state index in [2.05, 4.69) is 29.4 Å². The molecule has 0 aromatic heterocycles. The summed E-state index contributed by atoms with van der Waals surface area (Å²) in [6.45, 7) is 7.76. The largest absolute Gasteiger partial charge is 0.350 e. The van der Waals surface area contributed by atoms with E-state index in [0.29, 0.717) is 6.54 Å². The fraction of sp³-hybridized carbons (Fsp3) is 0.417. The Balaban J connectivity index is 1.64. The number of rotatable bonds is 8. The first kappa shape index (κ1) is 21.8. The van der Waals surface area contributed by atoms with E-state index in [4.69, 9.17) is 0 Å². The molecule has 0 aliphatic carbocycles. The van der Waals surface area contributed by atoms with Crippen LogP contribution in [-0.2, 0) is 11.3 Å². The minimum atomic E-state index is -0.320. The molecule has 160 valence electrons. The zero-order valence-electron chi connectivity index (χ0n) is 17.9. The molecule has 0 bridgehead atoms. The Bertz CT molecular complexity index is 830. The van der Waals surface area contributed by atoms with Crippen LogP contribution < -0.4 is 10.6 Å². The molecule has 1 aliphatic rings. The van der Waals surface area contributed by atoms with Gasteiger partial charge in [-0.2, -0.15) is 0 Å². The minimum absolute atomic E-state index is 0.0172. The number of hydrogen-bond donors (Lipinski definition) is 2. The third-order valence-electron chi connectivity index (χ3n) is 5.58. The monoisotopic (exact) mass is 408 g/mol. The molecule has 6 heteroatoms. The van der Waals surface area contributed by atoms with E-state index in [9.17, 15) is 9.59 Å². The topological polar surface area (TPSA) is 64.7 Å². The Morgan fingerprint density at radius 3 is 2.37 bits per heavy atom. The fourth-order valence-electron chi connectivity index (χ4n) is 3.92. The van der Waals surface area contributed by atoms with Crippen LogP contribution in [0.1, 0.15) is 43.9 Å². The van der Waals surface area contributed by atoms with Gasteiger partial charge in [0, 0.05) is 25.3 Å². The number of anilines is 1. The second-order valence-electron chi connectivity index (χ2n) is 7.58. The number of nitrogens with one attached hydrogen (secondary N) is 2. The van der Waals surface area contributed by atoms with Gasteiger partial charge in [-0.05, 0) is 49.2 Å². The summed E-state index contributed by atoms with van der Waals surface area (Å²) in [5.41, 5.74) is 2.70. The molecule has 0 spiro atoms. The SMILES string of the molecule is CCN(CC)C(C(=O)NCc1cccc(NC(=O)N2CCCC2)c1)c1ccccc1. The number of urea groups is 1. The molecular formula is C24H32N4O2. The summed E-state index contributed by atoms with van der Waals surface area (Å²) in [6, 6.07) is 17.2. The lowest BCUT2D eigenvalue weighted by Crippen LogP contribution is -2.40. The maximum atomic E-state index is 13.1. The molecule has 2 aromatic rings. The fourth-order valence-corrected chi connectivity index (χ4v) is 3.92. The highest BCUT2D eigenvalue weighted by atomic mass is 16.2. The smallest absolute Gasteiger partial charge is 0.321 e. The van der Waals surface area contributed by atoms with Crippen LogP contribution in [0.2, 0.25) is 0 Å². The van der Waals surface area contributed by atoms with Gasteiger partial charge in [-0.15, -0.1) is 0 Å². The van der Waals surface area contributed by atoms with Crippen molar-refractivity contribution in [1.82, 2.24) is 15.1 Å². The Morgan fingerprint density at radius 1 is 1.00 bits per heavy atom. The third-order valence-corrected chi connectivity index (χ3v) is 5.58. The minimum Gasteiger partial charge on any atom is -0.350 e. The number of benzene rings is 2. The molecule has 0 radical (unpaired) electrons. The lowest BCUT2D eigenvalue weighted by Gasteiger charge is -2.29. The van der Waals surface area contributed by atoms with Crippen molar-refractivity contribution >= 4 is 17.6 Å². The molecule has 6 nitrogen and oxygen atoms in total. The van der Waals surface area contributed by atoms with Crippen molar-refractivity contribution in [3.8, 4) is 0 Å². The van der Waals surface area contributed by atoms with Crippen molar-refractivity contribution in [3.05, 3.63) is 65.7 Å². The van der Waals surface area contributed by atoms with Gasteiger partial charge < -0.3 is 15.5 Å². The van der Waals surface area contributed by atoms with Crippen LogP contribution in [0, 0.1) is 0 Å². The summed E-state index contributed by atoms with van der Waals surface area (Å²) in [4.78, 5) is 29.4. The molecule has 1 saturated heterocycles. The zero-order valence-corrected chi connectivity index (χ0v) is 17.9. The molecular weight excluding hydrogens is 376 g/mol. The summed E-state index contributed by atoms with van der Waals surface area (Å²) in [6.07, 6.45) is 2.13. The molecule has 1 atom stereocenters. The quantitative estimate of drug-likeness (QED) is 0.694. The van der Waals surface area contributed by atoms with Gasteiger partial charge in [0.05, 0.1) is 0 Å². The number of nitrogens with zero attached hydrogens (tertiary/aromatic N) is 2. The van der Waals surface area contributed by atoms with Crippen LogP contribution in [0.4, 0.5) is 10.5 Å². The van der Waals surface area contributed by atoms with Gasteiger partial charge in [-0.25, -0.2) is 4.79 Å². The second-order valence-corrected chi connectivity index (χ2v) is 7.58. The summed E-state index contributed by atoms with van der Waals surface area (Å²) >= 11 is 0. The van der Waals surface area contributed by atoms with Crippen LogP contribution in [-0.4, -0.2) is 47.9 Å². The van der Waals surface area contributed by atoms with Crippen molar-refractivity contribution in [2.24, 2.45) is 0 Å². The van der Waals surface area contributed by atoms with Crippen molar-refractivity contribution in [3.63, 3.8) is 0 Å². The predicted octanol–water partition coefficient (Wildman–Crippen LogP) is 4.01. The molecule has 1 heterocycles. The van der Waals surface area contributed by atoms with Crippen LogP contribution in [0.25, 0.3) is 0 Å². The van der Waals surface area contributed by atoms with E-state index in [0.717, 1.165) is 55.8 Å². The number of carbonyl (C=O) groups is 2. The van der Waals surface area contributed by atoms with E-state index >= 15 is 0 Å². The van der Waals surface area contributed by atoms with E-state index in [1.165, 1.54) is 0 Å². The first-order chi connectivity index (χ1) is 14.6. The van der Waals surface area contributed by atoms with Gasteiger partial charge in [0.15, 0.2) is 0 Å². The highest BCUT2D eigenvalue weighted by Gasteiger charge is 2.25. The first-order valence-corrected chi connectivity index (χ1v) is 10.8. The Hall–Kier alpha value is -2.86. The molecule has 1 fully saturated rings. The standard InChI is InChI=1S/C24H32N4O2/c1-3-27(4-2)22(20-12-6-5-7-13-20)23(29)25-18-19-11-10-14-21(17-19)26-24(30)28-15-8-9-16-28/h5-7,10-14,17,22H,3-4,8-9,15-16,18H2,1-2H3,(H,25,29)(H,26,30). The summed E-state index contributed by atoms with van der Waals surface area (Å²) < 4.78 is 0. The highest BCUT2D eigenvalue weighted by Crippen LogP contribution is 2.21. The van der Waals surface area contributed by atoms with E-state index in [1.807, 2.05) is 59.5 Å². The summed E-state index contributed by atoms with van der Waals surface area (Å²) in [5, 5.41) is 6.04. The van der Waals surface area contributed by atoms with E-state index < -0.39 is 0 Å². The molecule has 1 unspecified atom stereocenters. The molecule has 1 aliphatic heterocycles. The Labute approximate surface area is 179 Å². The Morgan fingerprint density at radius 2 is 1.70 bits per heavy atom. The van der Waals surface area contributed by atoms with Crippen molar-refractivity contribution in [1.29, 1.82) is 0 Å². The van der Waals surface area contributed by atoms with Crippen LogP contribution in [0.15, 0.2) is 54.6 Å². The van der Waals surface area contributed by atoms with Gasteiger partial charge in [0.2, 0.25) is 5.91 Å². The van der Waals surface area contributed by atoms with Gasteiger partial charge in [0.25, 0.3) is 0 Å². The van der Waals surface area contributed by atoms with Gasteiger partial charge in [-0.3, -0.25) is 9.69 Å². The number of likely N-dealkylation sites (tertiary alicyclic amines) is 1. The lowest BCUT2D eigenvalue weighted by atomic mass is 10.0. The summed E-state index contributed by atoms with van der Waals surface area (Å²) in [7, 11) is 0. The third kappa shape index (κ3) is 5.60. The zero-order chi connectivity index (χ0) is 21.3. The lowest BCUT2D eigenvalue weighted by molar-refractivity contribution is -0.126. The normalized spacial score (nSPS) is 14.6. The van der Waals surface area contributed by atoms with E-state index in [-0.39, 0.29) is 18.0 Å². The molecule has 3 rings (SSSR count). The van der Waals surface area contributed by atoms with Gasteiger partial charge in [0.1, 0.15) is 6.04 Å². The van der Waals surface area contributed by atoms with E-state index in [1.54, 1.807) is 0 Å².